The van der Waals surface area contributed by atoms with E-state index in [1.54, 1.807) is 6.07 Å². The topological polar surface area (TPSA) is 68.1 Å². The smallest absolute Gasteiger partial charge is 0.287 e. The molecule has 5 nitrogen and oxygen atoms in total. The van der Waals surface area contributed by atoms with E-state index in [4.69, 9.17) is 0 Å². The molecule has 0 saturated heterocycles. The number of hydrogen-bond acceptors (Lipinski definition) is 4. The molecular weight excluding hydrogens is 242 g/mol. The molecular formula is C14H21N3O2. The van der Waals surface area contributed by atoms with Crippen LogP contribution in [0, 0.1) is 23.0 Å². The summed E-state index contributed by atoms with van der Waals surface area (Å²) in [6.45, 7) is 4.11. The number of nitrogens with zero attached hydrogens (tertiary/aromatic N) is 2. The molecule has 1 aromatic rings. The van der Waals surface area contributed by atoms with Crippen molar-refractivity contribution in [3.8, 4) is 0 Å². The van der Waals surface area contributed by atoms with Crippen LogP contribution in [-0.4, -0.2) is 15.9 Å². The summed E-state index contributed by atoms with van der Waals surface area (Å²) in [5.74, 6) is 1.65. The van der Waals surface area contributed by atoms with Gasteiger partial charge in [0.1, 0.15) is 12.0 Å². The van der Waals surface area contributed by atoms with Crippen LogP contribution in [0.5, 0.6) is 0 Å². The van der Waals surface area contributed by atoms with Gasteiger partial charge in [0.15, 0.2) is 0 Å². The van der Waals surface area contributed by atoms with Gasteiger partial charge in [-0.3, -0.25) is 10.1 Å². The van der Waals surface area contributed by atoms with E-state index in [-0.39, 0.29) is 5.69 Å². The zero-order valence-corrected chi connectivity index (χ0v) is 11.6. The van der Waals surface area contributed by atoms with Gasteiger partial charge < -0.3 is 5.32 Å². The van der Waals surface area contributed by atoms with Gasteiger partial charge in [-0.15, -0.1) is 0 Å². The van der Waals surface area contributed by atoms with Gasteiger partial charge in [0.25, 0.3) is 5.69 Å². The van der Waals surface area contributed by atoms with Gasteiger partial charge in [0, 0.05) is 12.1 Å². The lowest BCUT2D eigenvalue weighted by Gasteiger charge is -2.29. The van der Waals surface area contributed by atoms with E-state index in [1.807, 2.05) is 6.92 Å². The van der Waals surface area contributed by atoms with Crippen LogP contribution >= 0.6 is 0 Å². The Bertz CT molecular complexity index is 454. The molecule has 0 spiro atoms. The summed E-state index contributed by atoms with van der Waals surface area (Å²) in [6, 6.07) is 2.03. The Morgan fingerprint density at radius 1 is 1.42 bits per heavy atom. The van der Waals surface area contributed by atoms with Crippen LogP contribution in [0.15, 0.2) is 12.3 Å². The molecule has 19 heavy (non-hydrogen) atoms. The molecule has 0 aliphatic heterocycles. The molecule has 0 aromatic carbocycles. The summed E-state index contributed by atoms with van der Waals surface area (Å²) < 4.78 is 0. The first kappa shape index (κ1) is 13.8. The van der Waals surface area contributed by atoms with E-state index >= 15 is 0 Å². The summed E-state index contributed by atoms with van der Waals surface area (Å²) in [5, 5.41) is 14.1. The fourth-order valence-corrected chi connectivity index (χ4v) is 2.72. The normalized spacial score (nSPS) is 23.1. The quantitative estimate of drug-likeness (QED) is 0.664. The van der Waals surface area contributed by atoms with Crippen LogP contribution in [0.4, 0.5) is 11.5 Å². The van der Waals surface area contributed by atoms with Crippen LogP contribution in [0.2, 0.25) is 0 Å². The maximum atomic E-state index is 10.7. The van der Waals surface area contributed by atoms with Gasteiger partial charge in [0.05, 0.1) is 4.92 Å². The SMILES string of the molecule is CCC1CCC(Nc2ncc([N+](=O)[O-])cc2C)CC1. The second-order valence-electron chi connectivity index (χ2n) is 5.39. The Hall–Kier alpha value is -1.65. The molecule has 1 aliphatic rings. The lowest BCUT2D eigenvalue weighted by molar-refractivity contribution is -0.385. The second kappa shape index (κ2) is 5.99. The summed E-state index contributed by atoms with van der Waals surface area (Å²) in [6.07, 6.45) is 7.45. The first-order chi connectivity index (χ1) is 9.10. The van der Waals surface area contributed by atoms with E-state index in [1.165, 1.54) is 25.5 Å². The minimum absolute atomic E-state index is 0.0535. The molecule has 104 valence electrons. The van der Waals surface area contributed by atoms with E-state index in [2.05, 4.69) is 17.2 Å². The van der Waals surface area contributed by atoms with Crippen molar-refractivity contribution >= 4 is 11.5 Å². The molecule has 0 unspecified atom stereocenters. The maximum Gasteiger partial charge on any atom is 0.287 e. The molecule has 1 aromatic heterocycles. The minimum atomic E-state index is -0.407. The zero-order valence-electron chi connectivity index (χ0n) is 11.6. The number of rotatable bonds is 4. The summed E-state index contributed by atoms with van der Waals surface area (Å²) in [4.78, 5) is 14.4. The van der Waals surface area contributed by atoms with Crippen molar-refractivity contribution < 1.29 is 4.92 Å². The highest BCUT2D eigenvalue weighted by atomic mass is 16.6. The highest BCUT2D eigenvalue weighted by Crippen LogP contribution is 2.29. The van der Waals surface area contributed by atoms with Crippen LogP contribution in [-0.2, 0) is 0 Å². The number of hydrogen-bond donors (Lipinski definition) is 1. The number of pyridine rings is 1. The fraction of sp³-hybridized carbons (Fsp3) is 0.643. The summed E-state index contributed by atoms with van der Waals surface area (Å²) in [7, 11) is 0. The second-order valence-corrected chi connectivity index (χ2v) is 5.39. The van der Waals surface area contributed by atoms with Crippen molar-refractivity contribution in [1.82, 2.24) is 4.98 Å². The fourth-order valence-electron chi connectivity index (χ4n) is 2.72. The molecule has 0 bridgehead atoms. The van der Waals surface area contributed by atoms with Crippen molar-refractivity contribution in [2.24, 2.45) is 5.92 Å². The number of anilines is 1. The lowest BCUT2D eigenvalue weighted by atomic mass is 9.84. The van der Waals surface area contributed by atoms with Crippen LogP contribution in [0.3, 0.4) is 0 Å². The largest absolute Gasteiger partial charge is 0.367 e. The van der Waals surface area contributed by atoms with Crippen LogP contribution in [0.1, 0.15) is 44.6 Å². The van der Waals surface area contributed by atoms with E-state index in [0.29, 0.717) is 6.04 Å². The highest BCUT2D eigenvalue weighted by Gasteiger charge is 2.21. The van der Waals surface area contributed by atoms with Gasteiger partial charge in [0.2, 0.25) is 0 Å². The average Bonchev–Trinajstić information content (AvgIpc) is 2.41. The minimum Gasteiger partial charge on any atom is -0.367 e. The van der Waals surface area contributed by atoms with E-state index in [0.717, 1.165) is 30.1 Å². The molecule has 1 saturated carbocycles. The first-order valence-electron chi connectivity index (χ1n) is 6.97. The predicted octanol–water partition coefficient (Wildman–Crippen LogP) is 3.68. The summed E-state index contributed by atoms with van der Waals surface area (Å²) in [5.41, 5.74) is 0.893. The Morgan fingerprint density at radius 2 is 2.11 bits per heavy atom. The third-order valence-electron chi connectivity index (χ3n) is 4.04. The number of aryl methyl sites for hydroxylation is 1. The third-order valence-corrected chi connectivity index (χ3v) is 4.04. The maximum absolute atomic E-state index is 10.7. The third kappa shape index (κ3) is 3.43. The monoisotopic (exact) mass is 263 g/mol. The molecule has 2 rings (SSSR count). The highest BCUT2D eigenvalue weighted by molar-refractivity contribution is 5.48. The molecule has 5 heteroatoms. The first-order valence-corrected chi connectivity index (χ1v) is 6.97. The van der Waals surface area contributed by atoms with E-state index < -0.39 is 4.92 Å². The molecule has 0 atom stereocenters. The Labute approximate surface area is 113 Å². The average molecular weight is 263 g/mol. The van der Waals surface area contributed by atoms with Gasteiger partial charge >= 0.3 is 0 Å². The van der Waals surface area contributed by atoms with Gasteiger partial charge in [-0.2, -0.15) is 0 Å². The lowest BCUT2D eigenvalue weighted by Crippen LogP contribution is -2.26. The van der Waals surface area contributed by atoms with Crippen molar-refractivity contribution in [3.63, 3.8) is 0 Å². The van der Waals surface area contributed by atoms with Gasteiger partial charge in [-0.1, -0.05) is 13.3 Å². The Morgan fingerprint density at radius 3 is 2.63 bits per heavy atom. The predicted molar refractivity (Wildman–Crippen MR) is 75.3 cm³/mol. The van der Waals surface area contributed by atoms with Crippen molar-refractivity contribution in [2.75, 3.05) is 5.32 Å². The molecule has 1 fully saturated rings. The van der Waals surface area contributed by atoms with Crippen molar-refractivity contribution in [1.29, 1.82) is 0 Å². The number of nitro groups is 1. The van der Waals surface area contributed by atoms with Crippen LogP contribution in [0.25, 0.3) is 0 Å². The molecule has 1 heterocycles. The molecule has 1 N–H and O–H groups in total. The van der Waals surface area contributed by atoms with E-state index in [9.17, 15) is 10.1 Å². The van der Waals surface area contributed by atoms with Gasteiger partial charge in [-0.05, 0) is 44.1 Å². The standard InChI is InChI=1S/C14H21N3O2/c1-3-11-4-6-12(7-5-11)16-14-10(2)8-13(9-15-14)17(18)19/h8-9,11-12H,3-7H2,1-2H3,(H,15,16). The number of aromatic nitrogens is 1. The zero-order chi connectivity index (χ0) is 13.8. The van der Waals surface area contributed by atoms with Gasteiger partial charge in [-0.25, -0.2) is 4.98 Å². The van der Waals surface area contributed by atoms with Crippen molar-refractivity contribution in [3.05, 3.63) is 27.9 Å². The van der Waals surface area contributed by atoms with Crippen molar-refractivity contribution in [2.45, 2.75) is 52.0 Å². The molecule has 1 aliphatic carbocycles. The number of nitrogens with one attached hydrogen (secondary N) is 1. The summed E-state index contributed by atoms with van der Waals surface area (Å²) >= 11 is 0. The Kier molecular flexibility index (Phi) is 4.35. The Balaban J connectivity index is 1.98. The molecule has 0 radical (unpaired) electrons. The van der Waals surface area contributed by atoms with Crippen LogP contribution < -0.4 is 5.32 Å². The molecule has 0 amide bonds.